The van der Waals surface area contributed by atoms with Crippen LogP contribution < -0.4 is 19.6 Å². The van der Waals surface area contributed by atoms with E-state index in [2.05, 4.69) is 47.8 Å². The van der Waals surface area contributed by atoms with Gasteiger partial charge in [0.05, 0.1) is 44.5 Å². The average Bonchev–Trinajstić information content (AvgIpc) is 3.30. The minimum absolute atomic E-state index is 0.216. The van der Waals surface area contributed by atoms with Crippen molar-refractivity contribution in [3.63, 3.8) is 0 Å². The van der Waals surface area contributed by atoms with Crippen LogP contribution in [0.5, 0.6) is 5.75 Å². The number of benzene rings is 1. The fourth-order valence-corrected chi connectivity index (χ4v) is 6.02. The van der Waals surface area contributed by atoms with Crippen LogP contribution in [0.1, 0.15) is 44.1 Å². The second kappa shape index (κ2) is 11.0. The maximum absolute atomic E-state index is 13.7. The Balaban J connectivity index is 2.00. The second-order valence-electron chi connectivity index (χ2n) is 7.58. The smallest absolute Gasteiger partial charge is 0.338 e. The number of halogens is 3. The molecular weight excluding hydrogens is 668 g/mol. The number of allylic oxidation sites excluding steroid dienone is 1. The Morgan fingerprint density at radius 2 is 2.00 bits per heavy atom. The molecule has 3 aromatic rings. The third-order valence-electron chi connectivity index (χ3n) is 5.32. The Labute approximate surface area is 230 Å². The normalized spacial score (nSPS) is 15.7. The van der Waals surface area contributed by atoms with Crippen LogP contribution in [0, 0.1) is 0 Å². The third kappa shape index (κ3) is 5.14. The summed E-state index contributed by atoms with van der Waals surface area (Å²) >= 11 is 11.5. The third-order valence-corrected chi connectivity index (χ3v) is 8.63. The fraction of sp³-hybridized carbons (Fsp3) is 0.292. The van der Waals surface area contributed by atoms with Crippen molar-refractivity contribution in [1.29, 1.82) is 0 Å². The Morgan fingerprint density at radius 3 is 2.60 bits per heavy atom. The van der Waals surface area contributed by atoms with E-state index < -0.39 is 12.0 Å². The lowest BCUT2D eigenvalue weighted by atomic mass is 9.94. The monoisotopic (exact) mass is 686 g/mol. The van der Waals surface area contributed by atoms with E-state index in [0.29, 0.717) is 47.7 Å². The zero-order valence-electron chi connectivity index (χ0n) is 19.1. The van der Waals surface area contributed by atoms with Crippen LogP contribution in [0.15, 0.2) is 63.4 Å². The van der Waals surface area contributed by atoms with Gasteiger partial charge < -0.3 is 13.9 Å². The molecule has 35 heavy (non-hydrogen) atoms. The summed E-state index contributed by atoms with van der Waals surface area (Å²) in [4.78, 5) is 32.2. The molecule has 0 amide bonds. The highest BCUT2D eigenvalue weighted by atomic mass is 79.9. The van der Waals surface area contributed by atoms with E-state index in [-0.39, 0.29) is 12.2 Å². The lowest BCUT2D eigenvalue weighted by molar-refractivity contribution is -0.139. The van der Waals surface area contributed by atoms with Crippen molar-refractivity contribution in [1.82, 2.24) is 4.57 Å². The number of esters is 1. The fourth-order valence-electron chi connectivity index (χ4n) is 3.85. The number of nitrogens with zero attached hydrogens (tertiary/aromatic N) is 2. The van der Waals surface area contributed by atoms with Crippen LogP contribution in [0.3, 0.4) is 0 Å². The first-order valence-corrected chi connectivity index (χ1v) is 14.0. The molecule has 4 rings (SSSR count). The van der Waals surface area contributed by atoms with Crippen molar-refractivity contribution in [2.45, 2.75) is 32.7 Å². The van der Waals surface area contributed by atoms with Gasteiger partial charge in [-0.25, -0.2) is 9.79 Å². The van der Waals surface area contributed by atoms with Gasteiger partial charge in [0.15, 0.2) is 9.47 Å². The summed E-state index contributed by atoms with van der Waals surface area (Å²) in [6.45, 7) is 3.99. The van der Waals surface area contributed by atoms with Crippen molar-refractivity contribution < 1.29 is 18.7 Å². The molecule has 3 heterocycles. The SMILES string of the molecule is CCCC1=C(C(=O)OCC)[C@@H](c2ccc(OC)c(Br)c2)n2c(s/c(=C/c3cc(Br)c(Br)o3)c2=O)=N1. The van der Waals surface area contributed by atoms with Crippen molar-refractivity contribution in [2.24, 2.45) is 4.99 Å². The van der Waals surface area contributed by atoms with Crippen molar-refractivity contribution in [3.05, 3.63) is 80.2 Å². The molecule has 0 unspecified atom stereocenters. The highest BCUT2D eigenvalue weighted by Gasteiger charge is 2.34. The molecule has 0 spiro atoms. The molecule has 1 aromatic carbocycles. The van der Waals surface area contributed by atoms with E-state index in [4.69, 9.17) is 18.9 Å². The van der Waals surface area contributed by atoms with E-state index in [9.17, 15) is 9.59 Å². The molecule has 184 valence electrons. The van der Waals surface area contributed by atoms with Crippen LogP contribution in [-0.4, -0.2) is 24.3 Å². The lowest BCUT2D eigenvalue weighted by Gasteiger charge is -2.26. The number of carbonyl (C=O) groups excluding carboxylic acids is 1. The number of ether oxygens (including phenoxy) is 2. The van der Waals surface area contributed by atoms with Crippen LogP contribution >= 0.6 is 59.1 Å². The molecule has 0 radical (unpaired) electrons. The topological polar surface area (TPSA) is 83.0 Å². The summed E-state index contributed by atoms with van der Waals surface area (Å²) in [5.41, 5.74) is 1.46. The molecule has 2 aromatic heterocycles. The number of aromatic nitrogens is 1. The van der Waals surface area contributed by atoms with E-state index in [0.717, 1.165) is 16.5 Å². The summed E-state index contributed by atoms with van der Waals surface area (Å²) < 4.78 is 20.4. The lowest BCUT2D eigenvalue weighted by Crippen LogP contribution is -2.40. The zero-order valence-corrected chi connectivity index (χ0v) is 24.6. The molecular formula is C24H21Br3N2O5S. The summed E-state index contributed by atoms with van der Waals surface area (Å²) in [5.74, 6) is 0.673. The van der Waals surface area contributed by atoms with Gasteiger partial charge in [-0.15, -0.1) is 0 Å². The molecule has 0 fully saturated rings. The first kappa shape index (κ1) is 26.1. The van der Waals surface area contributed by atoms with Crippen LogP contribution in [0.4, 0.5) is 0 Å². The average molecular weight is 689 g/mol. The van der Waals surface area contributed by atoms with Gasteiger partial charge in [-0.1, -0.05) is 30.7 Å². The minimum atomic E-state index is -0.703. The number of fused-ring (bicyclic) bond motifs is 1. The van der Waals surface area contributed by atoms with E-state index in [1.54, 1.807) is 36.8 Å². The quantitative estimate of drug-likeness (QED) is 0.308. The molecule has 0 N–H and O–H groups in total. The van der Waals surface area contributed by atoms with Gasteiger partial charge in [-0.3, -0.25) is 9.36 Å². The van der Waals surface area contributed by atoms with Gasteiger partial charge in [-0.2, -0.15) is 0 Å². The first-order chi connectivity index (χ1) is 16.8. The van der Waals surface area contributed by atoms with Crippen LogP contribution in [0.2, 0.25) is 0 Å². The van der Waals surface area contributed by atoms with Gasteiger partial charge in [0.1, 0.15) is 11.5 Å². The zero-order chi connectivity index (χ0) is 25.3. The molecule has 0 bridgehead atoms. The predicted octanol–water partition coefficient (Wildman–Crippen LogP) is 5.47. The van der Waals surface area contributed by atoms with Gasteiger partial charge in [0.25, 0.3) is 5.56 Å². The Bertz CT molecular complexity index is 1480. The van der Waals surface area contributed by atoms with Crippen molar-refractivity contribution in [2.75, 3.05) is 13.7 Å². The first-order valence-electron chi connectivity index (χ1n) is 10.8. The molecule has 11 heteroatoms. The van der Waals surface area contributed by atoms with Gasteiger partial charge in [-0.05, 0) is 84.9 Å². The molecule has 7 nitrogen and oxygen atoms in total. The second-order valence-corrected chi connectivity index (χ2v) is 11.0. The molecule has 1 aliphatic rings. The summed E-state index contributed by atoms with van der Waals surface area (Å²) in [6, 6.07) is 6.57. The van der Waals surface area contributed by atoms with Gasteiger partial charge in [0, 0.05) is 6.08 Å². The van der Waals surface area contributed by atoms with Crippen LogP contribution in [0.25, 0.3) is 6.08 Å². The van der Waals surface area contributed by atoms with Crippen LogP contribution in [-0.2, 0) is 9.53 Å². The number of methoxy groups -OCH3 is 1. The number of furan rings is 1. The summed E-state index contributed by atoms with van der Waals surface area (Å²) in [7, 11) is 1.58. The number of rotatable bonds is 7. The molecule has 0 saturated heterocycles. The largest absolute Gasteiger partial charge is 0.496 e. The highest BCUT2D eigenvalue weighted by Crippen LogP contribution is 2.36. The summed E-state index contributed by atoms with van der Waals surface area (Å²) in [5, 5.41) is 0. The molecule has 0 aliphatic carbocycles. The van der Waals surface area contributed by atoms with Crippen molar-refractivity contribution in [3.8, 4) is 5.75 Å². The van der Waals surface area contributed by atoms with Crippen molar-refractivity contribution >= 4 is 71.2 Å². The number of hydrogen-bond acceptors (Lipinski definition) is 7. The summed E-state index contributed by atoms with van der Waals surface area (Å²) in [6.07, 6.45) is 3.03. The Hall–Kier alpha value is -1.95. The number of thiazole rings is 1. The number of hydrogen-bond donors (Lipinski definition) is 0. The maximum atomic E-state index is 13.7. The predicted molar refractivity (Wildman–Crippen MR) is 144 cm³/mol. The Kier molecular flexibility index (Phi) is 8.19. The minimum Gasteiger partial charge on any atom is -0.496 e. The molecule has 1 atom stereocenters. The Morgan fingerprint density at radius 1 is 1.23 bits per heavy atom. The molecule has 1 aliphatic heterocycles. The van der Waals surface area contributed by atoms with E-state index >= 15 is 0 Å². The van der Waals surface area contributed by atoms with Gasteiger partial charge in [0.2, 0.25) is 0 Å². The maximum Gasteiger partial charge on any atom is 0.338 e. The van der Waals surface area contributed by atoms with E-state index in [1.165, 1.54) is 11.3 Å². The highest BCUT2D eigenvalue weighted by molar-refractivity contribution is 9.13. The van der Waals surface area contributed by atoms with E-state index in [1.807, 2.05) is 19.1 Å². The standard InChI is InChI=1S/C24H21Br3N2O5S/c1-4-6-16-19(23(31)33-5-2)20(12-7-8-17(32-3)14(25)9-12)29-22(30)18(35-24(29)28-16)11-13-10-15(26)21(27)34-13/h7-11,20H,4-6H2,1-3H3/b18-11+/t20-/m1/s1. The van der Waals surface area contributed by atoms with Gasteiger partial charge >= 0.3 is 5.97 Å². The number of carbonyl (C=O) groups is 1. The molecule has 0 saturated carbocycles.